The number of aryl methyl sites for hydroxylation is 2. The first-order chi connectivity index (χ1) is 15.3. The molecule has 8 heteroatoms. The van der Waals surface area contributed by atoms with E-state index in [9.17, 15) is 14.4 Å². The number of hydrogen-bond acceptors (Lipinski definition) is 6. The zero-order chi connectivity index (χ0) is 23.5. The number of esters is 2. The van der Waals surface area contributed by atoms with Gasteiger partial charge in [-0.15, -0.1) is 0 Å². The summed E-state index contributed by atoms with van der Waals surface area (Å²) < 4.78 is 11.7. The number of nitrogens with zero attached hydrogens (tertiary/aromatic N) is 2. The molecule has 32 heavy (non-hydrogen) atoms. The number of hydrogen-bond donors (Lipinski definition) is 1. The number of ether oxygens (including phenoxy) is 2. The number of benzene rings is 1. The quantitative estimate of drug-likeness (QED) is 0.327. The molecule has 0 fully saturated rings. The van der Waals surface area contributed by atoms with Gasteiger partial charge in [0, 0.05) is 30.3 Å². The Balaban J connectivity index is 1.80. The Bertz CT molecular complexity index is 961. The topological polar surface area (TPSA) is 99.5 Å². The van der Waals surface area contributed by atoms with Gasteiger partial charge in [-0.05, 0) is 45.8 Å². The van der Waals surface area contributed by atoms with Crippen molar-refractivity contribution in [1.29, 1.82) is 0 Å². The number of carbonyl (C=O) groups is 3. The molecule has 0 aliphatic rings. The molecule has 1 amide bonds. The molecule has 0 bridgehead atoms. The average Bonchev–Trinajstić information content (AvgIpc) is 3.02. The minimum atomic E-state index is -0.614. The molecule has 8 nitrogen and oxygen atoms in total. The second kappa shape index (κ2) is 12.4. The van der Waals surface area contributed by atoms with E-state index in [2.05, 4.69) is 34.7 Å². The van der Waals surface area contributed by atoms with Crippen molar-refractivity contribution in [2.45, 2.75) is 47.1 Å². The normalized spacial score (nSPS) is 10.9. The van der Waals surface area contributed by atoms with Gasteiger partial charge in [0.15, 0.2) is 6.61 Å². The first-order valence-electron chi connectivity index (χ1n) is 10.7. The van der Waals surface area contributed by atoms with Crippen molar-refractivity contribution in [2.24, 2.45) is 0 Å². The maximum atomic E-state index is 12.0. The Labute approximate surface area is 188 Å². The minimum Gasteiger partial charge on any atom is -0.466 e. The number of nitrogens with one attached hydrogen (secondary N) is 1. The molecule has 0 aliphatic carbocycles. The molecular weight excluding hydrogens is 410 g/mol. The number of carbonyl (C=O) groups excluding carboxylic acids is 3. The highest BCUT2D eigenvalue weighted by Crippen LogP contribution is 2.17. The van der Waals surface area contributed by atoms with Crippen LogP contribution in [0.3, 0.4) is 0 Å². The van der Waals surface area contributed by atoms with E-state index in [1.807, 2.05) is 25.5 Å². The molecule has 1 heterocycles. The van der Waals surface area contributed by atoms with E-state index >= 15 is 0 Å². The Morgan fingerprint density at radius 1 is 1.09 bits per heavy atom. The molecule has 0 saturated heterocycles. The highest BCUT2D eigenvalue weighted by atomic mass is 16.5. The van der Waals surface area contributed by atoms with Crippen LogP contribution >= 0.6 is 0 Å². The largest absolute Gasteiger partial charge is 0.466 e. The second-order valence-electron chi connectivity index (χ2n) is 7.43. The summed E-state index contributed by atoms with van der Waals surface area (Å²) >= 11 is 0. The van der Waals surface area contributed by atoms with Crippen LogP contribution in [0.2, 0.25) is 0 Å². The van der Waals surface area contributed by atoms with E-state index in [1.54, 1.807) is 13.0 Å². The third-order valence-corrected chi connectivity index (χ3v) is 4.81. The van der Waals surface area contributed by atoms with Gasteiger partial charge in [-0.25, -0.2) is 4.79 Å². The van der Waals surface area contributed by atoms with Crippen LogP contribution < -0.4 is 5.32 Å². The Morgan fingerprint density at radius 3 is 2.50 bits per heavy atom. The first-order valence-corrected chi connectivity index (χ1v) is 10.7. The van der Waals surface area contributed by atoms with E-state index in [0.717, 1.165) is 22.5 Å². The lowest BCUT2D eigenvalue weighted by atomic mass is 10.1. The van der Waals surface area contributed by atoms with Gasteiger partial charge >= 0.3 is 11.9 Å². The highest BCUT2D eigenvalue weighted by molar-refractivity contribution is 5.89. The van der Waals surface area contributed by atoms with Crippen LogP contribution in [-0.4, -0.2) is 47.4 Å². The summed E-state index contributed by atoms with van der Waals surface area (Å²) in [6.07, 6.45) is 3.64. The molecule has 0 spiro atoms. The summed E-state index contributed by atoms with van der Waals surface area (Å²) in [5.41, 5.74) is 4.93. The molecule has 0 radical (unpaired) electrons. The molecule has 0 unspecified atom stereocenters. The number of rotatable bonds is 11. The van der Waals surface area contributed by atoms with Gasteiger partial charge in [0.1, 0.15) is 0 Å². The minimum absolute atomic E-state index is 0.229. The SMILES string of the molecule is CCOC(=O)CCCNC(=O)COC(=O)/C=C/c1c(C)nn(Cc2ccc(C)cc2)c1C. The summed E-state index contributed by atoms with van der Waals surface area (Å²) in [6.45, 7) is 8.52. The van der Waals surface area contributed by atoms with E-state index in [-0.39, 0.29) is 19.0 Å². The van der Waals surface area contributed by atoms with Crippen LogP contribution in [0.15, 0.2) is 30.3 Å². The molecule has 1 aromatic heterocycles. The summed E-state index contributed by atoms with van der Waals surface area (Å²) in [5.74, 6) is -1.34. The lowest BCUT2D eigenvalue weighted by Gasteiger charge is -2.06. The van der Waals surface area contributed by atoms with Crippen LogP contribution in [0.5, 0.6) is 0 Å². The van der Waals surface area contributed by atoms with Crippen molar-refractivity contribution in [3.63, 3.8) is 0 Å². The Hall–Kier alpha value is -3.42. The predicted octanol–water partition coefficient (Wildman–Crippen LogP) is 2.87. The fourth-order valence-corrected chi connectivity index (χ4v) is 3.05. The fraction of sp³-hybridized carbons (Fsp3) is 0.417. The molecular formula is C24H31N3O5. The number of amides is 1. The third-order valence-electron chi connectivity index (χ3n) is 4.81. The molecule has 0 saturated carbocycles. The van der Waals surface area contributed by atoms with Crippen molar-refractivity contribution >= 4 is 23.9 Å². The summed E-state index contributed by atoms with van der Waals surface area (Å²) in [7, 11) is 0. The second-order valence-corrected chi connectivity index (χ2v) is 7.43. The van der Waals surface area contributed by atoms with Crippen molar-refractivity contribution in [3.8, 4) is 0 Å². The Morgan fingerprint density at radius 2 is 1.81 bits per heavy atom. The van der Waals surface area contributed by atoms with Crippen LogP contribution in [0.25, 0.3) is 6.08 Å². The van der Waals surface area contributed by atoms with Crippen LogP contribution in [0.1, 0.15) is 47.8 Å². The van der Waals surface area contributed by atoms with Gasteiger partial charge < -0.3 is 14.8 Å². The summed E-state index contributed by atoms with van der Waals surface area (Å²) in [4.78, 5) is 35.0. The van der Waals surface area contributed by atoms with Crippen molar-refractivity contribution in [1.82, 2.24) is 15.1 Å². The molecule has 0 aliphatic heterocycles. The zero-order valence-corrected chi connectivity index (χ0v) is 19.1. The monoisotopic (exact) mass is 441 g/mol. The first kappa shape index (κ1) is 24.8. The van der Waals surface area contributed by atoms with Gasteiger partial charge in [0.05, 0.1) is 18.8 Å². The lowest BCUT2D eigenvalue weighted by molar-refractivity contribution is -0.143. The Kier molecular flexibility index (Phi) is 9.66. The van der Waals surface area contributed by atoms with Gasteiger partial charge in [-0.3, -0.25) is 14.3 Å². The summed E-state index contributed by atoms with van der Waals surface area (Å²) in [5, 5.41) is 7.16. The maximum Gasteiger partial charge on any atom is 0.331 e. The molecule has 172 valence electrons. The van der Waals surface area contributed by atoms with Crippen molar-refractivity contribution < 1.29 is 23.9 Å². The average molecular weight is 442 g/mol. The predicted molar refractivity (Wildman–Crippen MR) is 121 cm³/mol. The molecule has 1 aromatic carbocycles. The molecule has 2 aromatic rings. The van der Waals surface area contributed by atoms with E-state index in [1.165, 1.54) is 11.6 Å². The maximum absolute atomic E-state index is 12.0. The number of aromatic nitrogens is 2. The smallest absolute Gasteiger partial charge is 0.331 e. The molecule has 1 N–H and O–H groups in total. The van der Waals surface area contributed by atoms with Gasteiger partial charge in [-0.2, -0.15) is 5.10 Å². The molecule has 2 rings (SSSR count). The summed E-state index contributed by atoms with van der Waals surface area (Å²) in [6, 6.07) is 8.27. The van der Waals surface area contributed by atoms with E-state index in [0.29, 0.717) is 26.1 Å². The van der Waals surface area contributed by atoms with Gasteiger partial charge in [-0.1, -0.05) is 29.8 Å². The third kappa shape index (κ3) is 8.02. The zero-order valence-electron chi connectivity index (χ0n) is 19.1. The van der Waals surface area contributed by atoms with Gasteiger partial charge in [0.2, 0.25) is 0 Å². The van der Waals surface area contributed by atoms with Crippen molar-refractivity contribution in [2.75, 3.05) is 19.8 Å². The van der Waals surface area contributed by atoms with Gasteiger partial charge in [0.25, 0.3) is 5.91 Å². The van der Waals surface area contributed by atoms with Crippen LogP contribution in [-0.2, 0) is 30.4 Å². The van der Waals surface area contributed by atoms with E-state index in [4.69, 9.17) is 9.47 Å². The lowest BCUT2D eigenvalue weighted by Crippen LogP contribution is -2.29. The van der Waals surface area contributed by atoms with Crippen LogP contribution in [0.4, 0.5) is 0 Å². The fourth-order valence-electron chi connectivity index (χ4n) is 3.05. The standard InChI is InChI=1S/C24H31N3O5/c1-5-31-23(29)7-6-14-25-22(28)16-32-24(30)13-12-21-18(3)26-27(19(21)4)15-20-10-8-17(2)9-11-20/h8-13H,5-7,14-16H2,1-4H3,(H,25,28)/b13-12+. The molecule has 0 atom stereocenters. The van der Waals surface area contributed by atoms with Crippen LogP contribution in [0, 0.1) is 20.8 Å². The van der Waals surface area contributed by atoms with Crippen molar-refractivity contribution in [3.05, 3.63) is 58.4 Å². The highest BCUT2D eigenvalue weighted by Gasteiger charge is 2.11. The van der Waals surface area contributed by atoms with E-state index < -0.39 is 11.9 Å².